The smallest absolute Gasteiger partial charge is 0.0336 e. The van der Waals surface area contributed by atoms with Crippen molar-refractivity contribution in [2.75, 3.05) is 13.1 Å². The SMILES string of the molecule is CC(=CCl)CNCC1CCC(Cl)CC1. The first-order chi connectivity index (χ1) is 6.72. The Labute approximate surface area is 96.8 Å². The molecule has 82 valence electrons. The van der Waals surface area contributed by atoms with E-state index in [0.29, 0.717) is 5.38 Å². The summed E-state index contributed by atoms with van der Waals surface area (Å²) in [5.74, 6) is 0.813. The topological polar surface area (TPSA) is 12.0 Å². The molecule has 0 bridgehead atoms. The summed E-state index contributed by atoms with van der Waals surface area (Å²) in [5.41, 5.74) is 2.83. The van der Waals surface area contributed by atoms with E-state index >= 15 is 0 Å². The van der Waals surface area contributed by atoms with Gasteiger partial charge in [-0.2, -0.15) is 0 Å². The molecule has 0 aromatic heterocycles. The van der Waals surface area contributed by atoms with Gasteiger partial charge in [0.2, 0.25) is 0 Å². The van der Waals surface area contributed by atoms with E-state index in [9.17, 15) is 0 Å². The summed E-state index contributed by atoms with van der Waals surface area (Å²) < 4.78 is 0. The predicted octanol–water partition coefficient (Wildman–Crippen LogP) is 3.52. The van der Waals surface area contributed by atoms with Crippen LogP contribution in [0.1, 0.15) is 32.6 Å². The van der Waals surface area contributed by atoms with Crippen molar-refractivity contribution in [2.45, 2.75) is 38.0 Å². The van der Waals surface area contributed by atoms with Crippen LogP contribution < -0.4 is 5.32 Å². The largest absolute Gasteiger partial charge is 0.313 e. The molecule has 0 amide bonds. The van der Waals surface area contributed by atoms with Gasteiger partial charge in [0.05, 0.1) is 0 Å². The van der Waals surface area contributed by atoms with Gasteiger partial charge >= 0.3 is 0 Å². The highest BCUT2D eigenvalue weighted by Gasteiger charge is 2.18. The molecule has 1 fully saturated rings. The number of hydrogen-bond acceptors (Lipinski definition) is 1. The van der Waals surface area contributed by atoms with E-state index in [1.54, 1.807) is 5.54 Å². The normalized spacial score (nSPS) is 29.2. The van der Waals surface area contributed by atoms with Gasteiger partial charge < -0.3 is 5.32 Å². The maximum Gasteiger partial charge on any atom is 0.0336 e. The average Bonchev–Trinajstić information content (AvgIpc) is 2.21. The molecular formula is C11H19Cl2N. The third-order valence-electron chi connectivity index (χ3n) is 2.80. The van der Waals surface area contributed by atoms with Crippen molar-refractivity contribution >= 4 is 23.2 Å². The van der Waals surface area contributed by atoms with Crippen LogP contribution in [0.3, 0.4) is 0 Å². The number of nitrogens with one attached hydrogen (secondary N) is 1. The van der Waals surface area contributed by atoms with Crippen molar-refractivity contribution < 1.29 is 0 Å². The Hall–Kier alpha value is 0.280. The van der Waals surface area contributed by atoms with Crippen LogP contribution in [0.4, 0.5) is 0 Å². The minimum Gasteiger partial charge on any atom is -0.313 e. The van der Waals surface area contributed by atoms with E-state index in [1.807, 2.05) is 6.92 Å². The molecule has 14 heavy (non-hydrogen) atoms. The van der Waals surface area contributed by atoms with Gasteiger partial charge in [-0.05, 0) is 50.6 Å². The summed E-state index contributed by atoms with van der Waals surface area (Å²) in [6.07, 6.45) is 4.89. The third-order valence-corrected chi connectivity index (χ3v) is 3.61. The molecule has 1 N–H and O–H groups in total. The minimum absolute atomic E-state index is 0.427. The van der Waals surface area contributed by atoms with E-state index < -0.39 is 0 Å². The third kappa shape index (κ3) is 4.68. The molecular weight excluding hydrogens is 217 g/mol. The molecule has 0 radical (unpaired) electrons. The lowest BCUT2D eigenvalue weighted by molar-refractivity contribution is 0.349. The molecule has 0 aromatic rings. The van der Waals surface area contributed by atoms with E-state index in [0.717, 1.165) is 19.0 Å². The number of halogens is 2. The van der Waals surface area contributed by atoms with Gasteiger partial charge in [-0.3, -0.25) is 0 Å². The van der Waals surface area contributed by atoms with Crippen LogP contribution in [0.25, 0.3) is 0 Å². The van der Waals surface area contributed by atoms with Gasteiger partial charge in [-0.15, -0.1) is 11.6 Å². The van der Waals surface area contributed by atoms with Crippen molar-refractivity contribution in [1.82, 2.24) is 5.32 Å². The summed E-state index contributed by atoms with van der Waals surface area (Å²) in [5, 5.41) is 3.85. The Morgan fingerprint density at radius 1 is 1.36 bits per heavy atom. The maximum absolute atomic E-state index is 6.04. The summed E-state index contributed by atoms with van der Waals surface area (Å²) in [6, 6.07) is 0. The summed E-state index contributed by atoms with van der Waals surface area (Å²) in [7, 11) is 0. The number of rotatable bonds is 4. The molecule has 1 nitrogen and oxygen atoms in total. The lowest BCUT2D eigenvalue weighted by Gasteiger charge is -2.25. The number of hydrogen-bond donors (Lipinski definition) is 1. The second kappa shape index (κ2) is 6.71. The molecule has 0 aliphatic heterocycles. The zero-order chi connectivity index (χ0) is 10.4. The molecule has 3 heteroatoms. The maximum atomic E-state index is 6.04. The molecule has 0 saturated heterocycles. The zero-order valence-electron chi connectivity index (χ0n) is 8.73. The van der Waals surface area contributed by atoms with Crippen molar-refractivity contribution in [2.24, 2.45) is 5.92 Å². The van der Waals surface area contributed by atoms with E-state index in [1.165, 1.54) is 31.3 Å². The van der Waals surface area contributed by atoms with Crippen LogP contribution in [0.5, 0.6) is 0 Å². The molecule has 1 aliphatic carbocycles. The first kappa shape index (κ1) is 12.4. The minimum atomic E-state index is 0.427. The average molecular weight is 236 g/mol. The molecule has 0 aromatic carbocycles. The second-order valence-electron chi connectivity index (χ2n) is 4.20. The fraction of sp³-hybridized carbons (Fsp3) is 0.818. The highest BCUT2D eigenvalue weighted by atomic mass is 35.5. The predicted molar refractivity (Wildman–Crippen MR) is 64.1 cm³/mol. The van der Waals surface area contributed by atoms with Crippen LogP contribution in [-0.4, -0.2) is 18.5 Å². The molecule has 1 aliphatic rings. The highest BCUT2D eigenvalue weighted by molar-refractivity contribution is 6.25. The molecule has 1 rings (SSSR count). The van der Waals surface area contributed by atoms with Crippen LogP contribution in [0, 0.1) is 5.92 Å². The molecule has 1 saturated carbocycles. The molecule has 0 spiro atoms. The van der Waals surface area contributed by atoms with E-state index in [-0.39, 0.29) is 0 Å². The first-order valence-electron chi connectivity index (χ1n) is 5.33. The van der Waals surface area contributed by atoms with Crippen molar-refractivity contribution in [3.05, 3.63) is 11.1 Å². The van der Waals surface area contributed by atoms with Crippen molar-refractivity contribution in [3.63, 3.8) is 0 Å². The van der Waals surface area contributed by atoms with Gasteiger partial charge in [-0.25, -0.2) is 0 Å². The first-order valence-corrected chi connectivity index (χ1v) is 6.20. The highest BCUT2D eigenvalue weighted by Crippen LogP contribution is 2.26. The summed E-state index contributed by atoms with van der Waals surface area (Å²) in [4.78, 5) is 0. The monoisotopic (exact) mass is 235 g/mol. The van der Waals surface area contributed by atoms with Crippen LogP contribution in [0.2, 0.25) is 0 Å². The fourth-order valence-corrected chi connectivity index (χ4v) is 2.17. The second-order valence-corrected chi connectivity index (χ2v) is 5.04. The Balaban J connectivity index is 2.07. The van der Waals surface area contributed by atoms with Crippen LogP contribution >= 0.6 is 23.2 Å². The van der Waals surface area contributed by atoms with E-state index in [2.05, 4.69) is 5.32 Å². The van der Waals surface area contributed by atoms with Gasteiger partial charge in [0, 0.05) is 17.5 Å². The van der Waals surface area contributed by atoms with Gasteiger partial charge in [0.25, 0.3) is 0 Å². The van der Waals surface area contributed by atoms with Gasteiger partial charge in [-0.1, -0.05) is 11.6 Å². The molecule has 0 atom stereocenters. The van der Waals surface area contributed by atoms with Gasteiger partial charge in [0.15, 0.2) is 0 Å². The van der Waals surface area contributed by atoms with Crippen molar-refractivity contribution in [3.8, 4) is 0 Å². The quantitative estimate of drug-likeness (QED) is 0.736. The van der Waals surface area contributed by atoms with E-state index in [4.69, 9.17) is 23.2 Å². The Morgan fingerprint density at radius 3 is 2.57 bits per heavy atom. The molecule has 0 heterocycles. The zero-order valence-corrected chi connectivity index (χ0v) is 10.2. The molecule has 0 unspecified atom stereocenters. The standard InChI is InChI=1S/C11H19Cl2N/c1-9(6-12)7-14-8-10-2-4-11(13)5-3-10/h6,10-11,14H,2-5,7-8H2,1H3. The lowest BCUT2D eigenvalue weighted by atomic mass is 9.89. The Morgan fingerprint density at radius 2 is 2.00 bits per heavy atom. The van der Waals surface area contributed by atoms with Crippen molar-refractivity contribution in [1.29, 1.82) is 0 Å². The number of alkyl halides is 1. The summed E-state index contributed by atoms with van der Waals surface area (Å²) >= 11 is 11.6. The Kier molecular flexibility index (Phi) is 5.92. The summed E-state index contributed by atoms with van der Waals surface area (Å²) in [6.45, 7) is 4.05. The van der Waals surface area contributed by atoms with Gasteiger partial charge in [0.1, 0.15) is 0 Å². The van der Waals surface area contributed by atoms with Crippen LogP contribution in [0.15, 0.2) is 11.1 Å². The fourth-order valence-electron chi connectivity index (χ4n) is 1.84. The van der Waals surface area contributed by atoms with Crippen LogP contribution in [-0.2, 0) is 0 Å². The lowest BCUT2D eigenvalue weighted by Crippen LogP contribution is -2.27. The Bertz CT molecular complexity index is 184.